The molecule has 0 heterocycles. The van der Waals surface area contributed by atoms with E-state index in [9.17, 15) is 9.59 Å². The van der Waals surface area contributed by atoms with Crippen LogP contribution in [0.4, 0.5) is 0 Å². The molecule has 0 spiro atoms. The first-order chi connectivity index (χ1) is 8.89. The molecular weight excluding hydrogens is 347 g/mol. The van der Waals surface area contributed by atoms with E-state index in [0.717, 1.165) is 0 Å². The number of carbonyl (C=O) groups is 2. The number of hydrogen-bond acceptors (Lipinski definition) is 2. The fourth-order valence-corrected chi connectivity index (χ4v) is 2.75. The third-order valence-corrected chi connectivity index (χ3v) is 4.57. The zero-order chi connectivity index (χ0) is 14.9. The number of hydrogen-bond donors (Lipinski definition) is 2. The Morgan fingerprint density at radius 3 is 1.95 bits per heavy atom. The average molecular weight is 374 g/mol. The van der Waals surface area contributed by atoms with Crippen molar-refractivity contribution in [1.29, 1.82) is 0 Å². The van der Waals surface area contributed by atoms with Gasteiger partial charge in [-0.2, -0.15) is 0 Å². The fourth-order valence-electron chi connectivity index (χ4n) is 2.75. The second kappa shape index (κ2) is 13.9. The largest absolute Gasteiger partial charge is 1.00 e. The molecule has 0 aromatic rings. The summed E-state index contributed by atoms with van der Waals surface area (Å²) in [5.74, 6) is 0.128. The molecule has 1 unspecified atom stereocenters. The molecular formula is C14H27Cl2N2O2Ti. The fraction of sp³-hybridized carbons (Fsp3) is 0.857. The summed E-state index contributed by atoms with van der Waals surface area (Å²) in [7, 11) is 0. The molecule has 123 valence electrons. The number of halogens is 2. The molecule has 0 saturated heterocycles. The zero-order valence-electron chi connectivity index (χ0n) is 13.4. The van der Waals surface area contributed by atoms with Gasteiger partial charge in [0.15, 0.2) is 0 Å². The first-order valence-electron chi connectivity index (χ1n) is 7.09. The quantitative estimate of drug-likeness (QED) is 0.503. The SMILES string of the molecule is CC(=O)[NH][Ti+2].CCC1(CC)CCCC(NC(C)=O)C1.[Cl-].[Cl-]. The first kappa shape index (κ1) is 26.1. The molecule has 1 aliphatic carbocycles. The molecule has 0 aliphatic heterocycles. The van der Waals surface area contributed by atoms with Crippen LogP contribution >= 0.6 is 0 Å². The Balaban J connectivity index is -0.000000405. The van der Waals surface area contributed by atoms with Crippen molar-refractivity contribution in [2.75, 3.05) is 0 Å². The van der Waals surface area contributed by atoms with Crippen LogP contribution in [0, 0.1) is 5.41 Å². The van der Waals surface area contributed by atoms with Gasteiger partial charge in [0, 0.05) is 13.0 Å². The zero-order valence-corrected chi connectivity index (χ0v) is 16.5. The summed E-state index contributed by atoms with van der Waals surface area (Å²) in [6.07, 6.45) is 7.46. The van der Waals surface area contributed by atoms with Crippen molar-refractivity contribution in [3.8, 4) is 0 Å². The summed E-state index contributed by atoms with van der Waals surface area (Å²) < 4.78 is 2.39. The standard InChI is InChI=1S/C12H23NO.C2H5NO.2ClH.Ti/c1-4-12(5-2)8-6-7-11(9-12)13-10(3)14;1-2(3)4;;;/h11H,4-9H2,1-3H3,(H,13,14);1H3,(H2,3,4);2*1H;/q;;;;+3/p-3. The van der Waals surface area contributed by atoms with Crippen LogP contribution in [-0.2, 0) is 30.3 Å². The topological polar surface area (TPSA) is 58.2 Å². The summed E-state index contributed by atoms with van der Waals surface area (Å²) in [4.78, 5) is 20.7. The minimum atomic E-state index is 0. The van der Waals surface area contributed by atoms with Gasteiger partial charge in [-0.3, -0.25) is 4.79 Å². The van der Waals surface area contributed by atoms with Crippen LogP contribution in [0.1, 0.15) is 66.2 Å². The van der Waals surface area contributed by atoms with E-state index in [4.69, 9.17) is 0 Å². The van der Waals surface area contributed by atoms with Crippen LogP contribution in [0.5, 0.6) is 0 Å². The predicted molar refractivity (Wildman–Crippen MR) is 72.9 cm³/mol. The Bertz CT molecular complexity index is 301. The molecule has 1 rings (SSSR count). The summed E-state index contributed by atoms with van der Waals surface area (Å²) in [5.41, 5.74) is 0.505. The van der Waals surface area contributed by atoms with Crippen molar-refractivity contribution < 1.29 is 55.1 Å². The van der Waals surface area contributed by atoms with Crippen LogP contribution in [0.15, 0.2) is 0 Å². The van der Waals surface area contributed by atoms with Gasteiger partial charge in [0.2, 0.25) is 5.91 Å². The Labute approximate surface area is 153 Å². The molecule has 7 heteroatoms. The van der Waals surface area contributed by atoms with E-state index in [1.807, 2.05) is 0 Å². The smallest absolute Gasteiger partial charge is 0.217 e. The van der Waals surface area contributed by atoms with Crippen molar-refractivity contribution >= 4 is 11.8 Å². The van der Waals surface area contributed by atoms with Gasteiger partial charge in [-0.25, -0.2) is 0 Å². The molecule has 2 N–H and O–H groups in total. The van der Waals surface area contributed by atoms with E-state index < -0.39 is 0 Å². The Morgan fingerprint density at radius 1 is 1.14 bits per heavy atom. The van der Waals surface area contributed by atoms with Gasteiger partial charge in [-0.15, -0.1) is 0 Å². The minimum absolute atomic E-state index is 0. The van der Waals surface area contributed by atoms with Crippen molar-refractivity contribution in [1.82, 2.24) is 9.12 Å². The number of amides is 2. The van der Waals surface area contributed by atoms with Gasteiger partial charge < -0.3 is 30.1 Å². The van der Waals surface area contributed by atoms with E-state index in [-0.39, 0.29) is 36.6 Å². The number of nitrogens with one attached hydrogen (secondary N) is 2. The molecule has 2 amide bonds. The summed E-state index contributed by atoms with van der Waals surface area (Å²) in [6.45, 7) is 7.65. The third kappa shape index (κ3) is 11.5. The average Bonchev–Trinajstić information content (AvgIpc) is 2.38. The Morgan fingerprint density at radius 2 is 1.62 bits per heavy atom. The first-order valence-corrected chi connectivity index (χ1v) is 7.87. The molecule has 0 aromatic carbocycles. The van der Waals surface area contributed by atoms with Gasteiger partial charge in [0.25, 0.3) is 0 Å². The number of rotatable bonds is 3. The summed E-state index contributed by atoms with van der Waals surface area (Å²) in [5, 5.41) is 3.07. The van der Waals surface area contributed by atoms with Gasteiger partial charge in [0.1, 0.15) is 0 Å². The molecule has 0 bridgehead atoms. The van der Waals surface area contributed by atoms with Crippen molar-refractivity contribution in [3.63, 3.8) is 0 Å². The van der Waals surface area contributed by atoms with Crippen molar-refractivity contribution in [2.45, 2.75) is 72.3 Å². The Hall–Kier alpha value is 0.234. The minimum Gasteiger partial charge on any atom is -1.00 e. The molecule has 0 radical (unpaired) electrons. The van der Waals surface area contributed by atoms with E-state index in [1.54, 1.807) is 27.6 Å². The maximum atomic E-state index is 11.0. The van der Waals surface area contributed by atoms with E-state index in [1.165, 1.54) is 45.4 Å². The van der Waals surface area contributed by atoms with Gasteiger partial charge in [-0.1, -0.05) is 33.1 Å². The Kier molecular flexibility index (Phi) is 17.3. The summed E-state index contributed by atoms with van der Waals surface area (Å²) in [6, 6.07) is 0.432. The normalized spacial score (nSPS) is 18.9. The molecule has 1 atom stereocenters. The molecule has 21 heavy (non-hydrogen) atoms. The molecule has 1 saturated carbocycles. The van der Waals surface area contributed by atoms with Crippen LogP contribution < -0.4 is 33.9 Å². The monoisotopic (exact) mass is 373 g/mol. The molecule has 1 aliphatic rings. The molecule has 1 fully saturated rings. The van der Waals surface area contributed by atoms with Gasteiger partial charge >= 0.3 is 42.1 Å². The second-order valence-corrected chi connectivity index (χ2v) is 5.77. The second-order valence-electron chi connectivity index (χ2n) is 5.38. The predicted octanol–water partition coefficient (Wildman–Crippen LogP) is -3.54. The van der Waals surface area contributed by atoms with E-state index in [2.05, 4.69) is 23.0 Å². The maximum Gasteiger partial charge on any atom is 0.217 e. The molecule has 4 nitrogen and oxygen atoms in total. The van der Waals surface area contributed by atoms with Gasteiger partial charge in [-0.05, 0) is 24.7 Å². The summed E-state index contributed by atoms with van der Waals surface area (Å²) >= 11 is 1.60. The van der Waals surface area contributed by atoms with Crippen molar-refractivity contribution in [2.24, 2.45) is 5.41 Å². The van der Waals surface area contributed by atoms with Crippen LogP contribution in [-0.4, -0.2) is 17.9 Å². The van der Waals surface area contributed by atoms with Crippen molar-refractivity contribution in [3.05, 3.63) is 0 Å². The van der Waals surface area contributed by atoms with Gasteiger partial charge in [0.05, 0.1) is 0 Å². The van der Waals surface area contributed by atoms with Crippen LogP contribution in [0.25, 0.3) is 0 Å². The third-order valence-electron chi connectivity index (χ3n) is 4.02. The maximum absolute atomic E-state index is 11.0. The van der Waals surface area contributed by atoms with E-state index >= 15 is 0 Å². The number of carbonyl (C=O) groups excluding carboxylic acids is 2. The van der Waals surface area contributed by atoms with E-state index in [0.29, 0.717) is 11.5 Å². The van der Waals surface area contributed by atoms with Crippen LogP contribution in [0.3, 0.4) is 0 Å². The van der Waals surface area contributed by atoms with Crippen LogP contribution in [0.2, 0.25) is 0 Å². The molecule has 0 aromatic heterocycles.